The van der Waals surface area contributed by atoms with Crippen LogP contribution in [0.2, 0.25) is 5.02 Å². The molecule has 0 radical (unpaired) electrons. The van der Waals surface area contributed by atoms with E-state index in [-0.39, 0.29) is 11.8 Å². The first-order valence-electron chi connectivity index (χ1n) is 11.1. The van der Waals surface area contributed by atoms with Crippen LogP contribution in [0.25, 0.3) is 10.9 Å². The lowest BCUT2D eigenvalue weighted by molar-refractivity contribution is -0.136. The maximum atomic E-state index is 13.1. The highest BCUT2D eigenvalue weighted by molar-refractivity contribution is 6.38. The molecule has 0 saturated heterocycles. The SMILES string of the molecule is Cc1cc(C)cc(NC(=O)c2cc3cc(Cl)ccc3n2NC(=O)C(=O)NCCCOC(C)C)c1. The second-order valence-electron chi connectivity index (χ2n) is 8.37. The molecule has 3 rings (SSSR count). The third kappa shape index (κ3) is 6.59. The summed E-state index contributed by atoms with van der Waals surface area (Å²) < 4.78 is 6.72. The van der Waals surface area contributed by atoms with E-state index in [2.05, 4.69) is 16.1 Å². The zero-order valence-corrected chi connectivity index (χ0v) is 20.5. The monoisotopic (exact) mass is 484 g/mol. The van der Waals surface area contributed by atoms with Crippen molar-refractivity contribution in [3.63, 3.8) is 0 Å². The normalized spacial score (nSPS) is 11.0. The fraction of sp³-hybridized carbons (Fsp3) is 0.320. The highest BCUT2D eigenvalue weighted by Crippen LogP contribution is 2.24. The number of aromatic nitrogens is 1. The van der Waals surface area contributed by atoms with Crippen LogP contribution < -0.4 is 16.1 Å². The molecular formula is C25H29ClN4O4. The van der Waals surface area contributed by atoms with Crippen molar-refractivity contribution in [2.45, 2.75) is 40.2 Å². The number of aryl methyl sites for hydroxylation is 2. The molecule has 2 aromatic carbocycles. The van der Waals surface area contributed by atoms with Gasteiger partial charge in [-0.1, -0.05) is 17.7 Å². The van der Waals surface area contributed by atoms with Crippen LogP contribution >= 0.6 is 11.6 Å². The van der Waals surface area contributed by atoms with Gasteiger partial charge >= 0.3 is 11.8 Å². The van der Waals surface area contributed by atoms with E-state index >= 15 is 0 Å². The van der Waals surface area contributed by atoms with E-state index in [0.29, 0.717) is 41.2 Å². The lowest BCUT2D eigenvalue weighted by Gasteiger charge is -2.13. The molecule has 0 spiro atoms. The van der Waals surface area contributed by atoms with Gasteiger partial charge in [-0.3, -0.25) is 19.8 Å². The van der Waals surface area contributed by atoms with E-state index < -0.39 is 17.7 Å². The van der Waals surface area contributed by atoms with Crippen molar-refractivity contribution in [3.8, 4) is 0 Å². The molecule has 0 aliphatic heterocycles. The van der Waals surface area contributed by atoms with Crippen molar-refractivity contribution >= 4 is 45.9 Å². The van der Waals surface area contributed by atoms with Crippen molar-refractivity contribution in [1.29, 1.82) is 0 Å². The summed E-state index contributed by atoms with van der Waals surface area (Å²) in [7, 11) is 0. The van der Waals surface area contributed by atoms with E-state index in [4.69, 9.17) is 16.3 Å². The molecule has 0 aliphatic rings. The molecule has 180 valence electrons. The van der Waals surface area contributed by atoms with Gasteiger partial charge in [-0.25, -0.2) is 4.68 Å². The van der Waals surface area contributed by atoms with Gasteiger partial charge in [0.25, 0.3) is 5.91 Å². The number of nitrogens with zero attached hydrogens (tertiary/aromatic N) is 1. The van der Waals surface area contributed by atoms with Gasteiger partial charge in [0.1, 0.15) is 5.69 Å². The number of hydrogen-bond acceptors (Lipinski definition) is 4. The molecule has 1 heterocycles. The Hall–Kier alpha value is -3.36. The maximum Gasteiger partial charge on any atom is 0.328 e. The molecule has 0 bridgehead atoms. The number of ether oxygens (including phenoxy) is 1. The Balaban J connectivity index is 1.79. The van der Waals surface area contributed by atoms with E-state index in [1.165, 1.54) is 4.68 Å². The molecule has 0 aliphatic carbocycles. The van der Waals surface area contributed by atoms with Gasteiger partial charge in [-0.2, -0.15) is 0 Å². The Bertz CT molecular complexity index is 1200. The summed E-state index contributed by atoms with van der Waals surface area (Å²) in [6, 6.07) is 12.3. The standard InChI is InChI=1S/C25H29ClN4O4/c1-15(2)34-9-5-8-27-24(32)25(33)29-30-21-7-6-19(26)13-18(21)14-22(30)23(31)28-20-11-16(3)10-17(4)12-20/h6-7,10-15H,5,8-9H2,1-4H3,(H,27,32)(H,28,31)(H,29,33). The summed E-state index contributed by atoms with van der Waals surface area (Å²) in [5.74, 6) is -2.14. The minimum atomic E-state index is -0.891. The van der Waals surface area contributed by atoms with E-state index in [1.54, 1.807) is 24.3 Å². The first-order chi connectivity index (χ1) is 16.1. The van der Waals surface area contributed by atoms with E-state index in [1.807, 2.05) is 45.9 Å². The number of benzene rings is 2. The molecule has 0 fully saturated rings. The molecule has 34 heavy (non-hydrogen) atoms. The minimum Gasteiger partial charge on any atom is -0.379 e. The van der Waals surface area contributed by atoms with Crippen LogP contribution in [0.5, 0.6) is 0 Å². The average molecular weight is 485 g/mol. The van der Waals surface area contributed by atoms with E-state index in [0.717, 1.165) is 11.1 Å². The number of hydrogen-bond donors (Lipinski definition) is 3. The van der Waals surface area contributed by atoms with Crippen molar-refractivity contribution < 1.29 is 19.1 Å². The Labute approximate surface area is 203 Å². The number of fused-ring (bicyclic) bond motifs is 1. The summed E-state index contributed by atoms with van der Waals surface area (Å²) in [4.78, 5) is 38.0. The fourth-order valence-corrected chi connectivity index (χ4v) is 3.72. The number of nitrogens with one attached hydrogen (secondary N) is 3. The minimum absolute atomic E-state index is 0.0998. The average Bonchev–Trinajstić information content (AvgIpc) is 3.09. The number of carbonyl (C=O) groups is 3. The van der Waals surface area contributed by atoms with Gasteiger partial charge in [0.15, 0.2) is 0 Å². The van der Waals surface area contributed by atoms with E-state index in [9.17, 15) is 14.4 Å². The maximum absolute atomic E-state index is 13.1. The van der Waals surface area contributed by atoms with Crippen LogP contribution in [0.15, 0.2) is 42.5 Å². The van der Waals surface area contributed by atoms with Gasteiger partial charge in [0, 0.05) is 29.2 Å². The smallest absolute Gasteiger partial charge is 0.328 e. The number of amides is 3. The molecule has 3 aromatic rings. The lowest BCUT2D eigenvalue weighted by Crippen LogP contribution is -2.40. The second-order valence-corrected chi connectivity index (χ2v) is 8.81. The summed E-state index contributed by atoms with van der Waals surface area (Å²) >= 11 is 6.11. The van der Waals surface area contributed by atoms with Crippen LogP contribution in [-0.4, -0.2) is 41.7 Å². The molecule has 0 atom stereocenters. The molecule has 9 heteroatoms. The van der Waals surface area contributed by atoms with Crippen LogP contribution in [0, 0.1) is 13.8 Å². The topological polar surface area (TPSA) is 101 Å². The van der Waals surface area contributed by atoms with Crippen molar-refractivity contribution in [1.82, 2.24) is 9.99 Å². The summed E-state index contributed by atoms with van der Waals surface area (Å²) in [5.41, 5.74) is 5.86. The van der Waals surface area contributed by atoms with Gasteiger partial charge < -0.3 is 15.4 Å². The second kappa shape index (κ2) is 11.2. The summed E-state index contributed by atoms with van der Waals surface area (Å²) in [6.45, 7) is 8.50. The highest BCUT2D eigenvalue weighted by Gasteiger charge is 2.21. The van der Waals surface area contributed by atoms with Gasteiger partial charge in [0.2, 0.25) is 0 Å². The predicted octanol–water partition coefficient (Wildman–Crippen LogP) is 4.17. The number of anilines is 1. The Kier molecular flexibility index (Phi) is 8.31. The molecule has 3 amide bonds. The molecule has 0 unspecified atom stereocenters. The molecule has 0 saturated carbocycles. The summed E-state index contributed by atoms with van der Waals surface area (Å²) in [5, 5.41) is 6.55. The first kappa shape index (κ1) is 25.3. The van der Waals surface area contributed by atoms with Gasteiger partial charge in [0.05, 0.1) is 11.6 Å². The Morgan fingerprint density at radius 2 is 1.71 bits per heavy atom. The lowest BCUT2D eigenvalue weighted by atomic mass is 10.1. The van der Waals surface area contributed by atoms with Crippen LogP contribution in [-0.2, 0) is 14.3 Å². The Morgan fingerprint density at radius 3 is 2.38 bits per heavy atom. The van der Waals surface area contributed by atoms with Crippen molar-refractivity contribution in [2.75, 3.05) is 23.9 Å². The molecule has 3 N–H and O–H groups in total. The van der Waals surface area contributed by atoms with Crippen molar-refractivity contribution in [3.05, 3.63) is 64.3 Å². The quantitative estimate of drug-likeness (QED) is 0.330. The molecule has 1 aromatic heterocycles. The zero-order valence-electron chi connectivity index (χ0n) is 19.7. The number of carbonyl (C=O) groups excluding carboxylic acids is 3. The Morgan fingerprint density at radius 1 is 1.00 bits per heavy atom. The van der Waals surface area contributed by atoms with Gasteiger partial charge in [-0.05, 0) is 81.6 Å². The largest absolute Gasteiger partial charge is 0.379 e. The first-order valence-corrected chi connectivity index (χ1v) is 11.4. The van der Waals surface area contributed by atoms with Crippen LogP contribution in [0.1, 0.15) is 41.9 Å². The molecule has 8 nitrogen and oxygen atoms in total. The molecular weight excluding hydrogens is 456 g/mol. The third-order valence-corrected chi connectivity index (χ3v) is 5.19. The summed E-state index contributed by atoms with van der Waals surface area (Å²) in [6.07, 6.45) is 0.675. The number of rotatable bonds is 8. The van der Waals surface area contributed by atoms with Crippen LogP contribution in [0.3, 0.4) is 0 Å². The van der Waals surface area contributed by atoms with Crippen LogP contribution in [0.4, 0.5) is 5.69 Å². The zero-order chi connectivity index (χ0) is 24.8. The van der Waals surface area contributed by atoms with Crippen molar-refractivity contribution in [2.24, 2.45) is 0 Å². The highest BCUT2D eigenvalue weighted by atomic mass is 35.5. The van der Waals surface area contributed by atoms with Gasteiger partial charge in [-0.15, -0.1) is 0 Å². The third-order valence-electron chi connectivity index (χ3n) is 4.95. The fourth-order valence-electron chi connectivity index (χ4n) is 3.54. The number of halogens is 1. The predicted molar refractivity (Wildman–Crippen MR) is 134 cm³/mol.